The summed E-state index contributed by atoms with van der Waals surface area (Å²) in [6.45, 7) is 0. The third-order valence-corrected chi connectivity index (χ3v) is 6.87. The normalized spacial score (nSPS) is 11.5. The molecule has 0 amide bonds. The van der Waals surface area contributed by atoms with Gasteiger partial charge in [-0.05, 0) is 47.9 Å². The fourth-order valence-corrected chi connectivity index (χ4v) is 4.75. The van der Waals surface area contributed by atoms with Crippen LogP contribution in [0.3, 0.4) is 0 Å². The summed E-state index contributed by atoms with van der Waals surface area (Å²) < 4.78 is 39.1. The molecular weight excluding hydrogens is 559 g/mol. The Balaban J connectivity index is 0.00000364. The second-order valence-corrected chi connectivity index (χ2v) is 10.1. The largest absolute Gasteiger partial charge is 1.00 e. The Morgan fingerprint density at radius 2 is 1.57 bits per heavy atom. The molecule has 0 saturated heterocycles. The summed E-state index contributed by atoms with van der Waals surface area (Å²) in [5, 5.41) is 0. The van der Waals surface area contributed by atoms with Gasteiger partial charge in [-0.3, -0.25) is 0 Å². The molecule has 0 aliphatic carbocycles. The Kier molecular flexibility index (Phi) is 14.2. The molecule has 142 valence electrons. The quantitative estimate of drug-likeness (QED) is 0.232. The summed E-state index contributed by atoms with van der Waals surface area (Å²) in [6.07, 6.45) is 1.94. The molecule has 0 N–H and O–H groups in total. The van der Waals surface area contributed by atoms with Gasteiger partial charge in [0.2, 0.25) is 0 Å². The summed E-state index contributed by atoms with van der Waals surface area (Å²) in [5.74, 6) is 1.51. The van der Waals surface area contributed by atoms with Gasteiger partial charge < -0.3 is 14.4 Å². The standard InChI is InChI=1S/C17H17Br2F2O3PS.2Na/c18-14-6-3-12(4-7-14)2-1-9-26-11-13-5-8-15(16(19)10-13)17(20,21)25(22,23)24;;/h3-8,10H,1-2,9,11H2,(H2,22,23,24);;/q;2*+1/p-2. The third-order valence-electron chi connectivity index (χ3n) is 3.64. The van der Waals surface area contributed by atoms with Crippen molar-refractivity contribution in [2.45, 2.75) is 24.3 Å². The average molecular weight is 574 g/mol. The topological polar surface area (TPSA) is 63.2 Å². The van der Waals surface area contributed by atoms with Crippen molar-refractivity contribution in [1.82, 2.24) is 0 Å². The fourth-order valence-electron chi connectivity index (χ4n) is 2.26. The molecular formula is C17H15Br2F2Na2O3PS. The SMILES string of the molecule is O=P([O-])([O-])C(F)(F)c1ccc(CSCCCc2ccc(Br)cc2)cc1Br.[Na+].[Na+]. The maximum absolute atomic E-state index is 13.7. The molecule has 11 heteroatoms. The summed E-state index contributed by atoms with van der Waals surface area (Å²) in [4.78, 5) is 21.5. The number of aryl methyl sites for hydroxylation is 1. The maximum Gasteiger partial charge on any atom is 1.00 e. The molecule has 0 aromatic heterocycles. The van der Waals surface area contributed by atoms with Crippen molar-refractivity contribution in [3.05, 3.63) is 68.1 Å². The molecule has 0 unspecified atom stereocenters. The van der Waals surface area contributed by atoms with Gasteiger partial charge in [-0.15, -0.1) is 0 Å². The van der Waals surface area contributed by atoms with Gasteiger partial charge in [0.25, 0.3) is 5.66 Å². The number of rotatable bonds is 8. The van der Waals surface area contributed by atoms with Crippen LogP contribution >= 0.6 is 51.2 Å². The molecule has 0 radical (unpaired) electrons. The van der Waals surface area contributed by atoms with Crippen LogP contribution in [-0.4, -0.2) is 5.75 Å². The first-order valence-corrected chi connectivity index (χ1v) is 11.9. The van der Waals surface area contributed by atoms with Crippen LogP contribution in [0.15, 0.2) is 51.4 Å². The summed E-state index contributed by atoms with van der Waals surface area (Å²) >= 11 is 8.00. The molecule has 0 bridgehead atoms. The summed E-state index contributed by atoms with van der Waals surface area (Å²) in [6, 6.07) is 12.0. The van der Waals surface area contributed by atoms with Crippen molar-refractivity contribution in [3.8, 4) is 0 Å². The van der Waals surface area contributed by atoms with Gasteiger partial charge in [0.15, 0.2) is 0 Å². The Morgan fingerprint density at radius 3 is 2.11 bits per heavy atom. The third kappa shape index (κ3) is 8.71. The van der Waals surface area contributed by atoms with Crippen LogP contribution in [0.2, 0.25) is 0 Å². The van der Waals surface area contributed by atoms with E-state index in [9.17, 15) is 23.1 Å². The van der Waals surface area contributed by atoms with Crippen molar-refractivity contribution >= 4 is 51.2 Å². The number of benzene rings is 2. The maximum atomic E-state index is 13.7. The second kappa shape index (κ2) is 13.3. The molecule has 0 fully saturated rings. The predicted octanol–water partition coefficient (Wildman–Crippen LogP) is -0.951. The molecule has 0 aliphatic heterocycles. The molecule has 2 aromatic carbocycles. The number of thioether (sulfide) groups is 1. The molecule has 2 rings (SSSR count). The van der Waals surface area contributed by atoms with Crippen molar-refractivity contribution in [2.24, 2.45) is 0 Å². The zero-order valence-electron chi connectivity index (χ0n) is 15.5. The molecule has 0 saturated carbocycles. The number of alkyl halides is 2. The van der Waals surface area contributed by atoms with Crippen LogP contribution in [0.1, 0.15) is 23.1 Å². The van der Waals surface area contributed by atoms with E-state index in [4.69, 9.17) is 0 Å². The molecule has 28 heavy (non-hydrogen) atoms. The Labute approximate surface area is 228 Å². The minimum absolute atomic E-state index is 0. The minimum atomic E-state index is -6.07. The molecule has 0 heterocycles. The molecule has 0 aliphatic rings. The van der Waals surface area contributed by atoms with E-state index in [0.717, 1.165) is 34.7 Å². The van der Waals surface area contributed by atoms with Crippen LogP contribution in [0.5, 0.6) is 0 Å². The Morgan fingerprint density at radius 1 is 1.00 bits per heavy atom. The van der Waals surface area contributed by atoms with E-state index in [0.29, 0.717) is 5.75 Å². The van der Waals surface area contributed by atoms with Gasteiger partial charge in [-0.25, -0.2) is 0 Å². The Hall–Kier alpha value is 1.76. The second-order valence-electron chi connectivity index (χ2n) is 5.64. The van der Waals surface area contributed by atoms with Gasteiger partial charge in [-0.2, -0.15) is 20.5 Å². The van der Waals surface area contributed by atoms with E-state index in [1.165, 1.54) is 17.7 Å². The Bertz CT molecular complexity index is 807. The van der Waals surface area contributed by atoms with Crippen molar-refractivity contribution < 1.29 is 82.2 Å². The van der Waals surface area contributed by atoms with Crippen LogP contribution in [0.25, 0.3) is 0 Å². The molecule has 2 aromatic rings. The monoisotopic (exact) mass is 572 g/mol. The molecule has 0 atom stereocenters. The van der Waals surface area contributed by atoms with Crippen LogP contribution in [-0.2, 0) is 22.4 Å². The fraction of sp³-hybridized carbons (Fsp3) is 0.294. The minimum Gasteiger partial charge on any atom is -0.806 e. The van der Waals surface area contributed by atoms with Gasteiger partial charge in [0, 0.05) is 27.9 Å². The van der Waals surface area contributed by atoms with Crippen molar-refractivity contribution in [3.63, 3.8) is 0 Å². The van der Waals surface area contributed by atoms with Crippen LogP contribution in [0, 0.1) is 0 Å². The first-order valence-electron chi connectivity index (χ1n) is 7.62. The van der Waals surface area contributed by atoms with E-state index in [2.05, 4.69) is 44.0 Å². The molecule has 0 spiro atoms. The van der Waals surface area contributed by atoms with Gasteiger partial charge in [-0.1, -0.05) is 56.1 Å². The average Bonchev–Trinajstić information content (AvgIpc) is 2.55. The number of halogens is 4. The zero-order chi connectivity index (χ0) is 19.4. The zero-order valence-corrected chi connectivity index (χ0v) is 24.3. The van der Waals surface area contributed by atoms with Crippen LogP contribution < -0.4 is 68.9 Å². The van der Waals surface area contributed by atoms with Crippen molar-refractivity contribution in [1.29, 1.82) is 0 Å². The van der Waals surface area contributed by atoms with E-state index < -0.39 is 18.8 Å². The van der Waals surface area contributed by atoms with Gasteiger partial charge >= 0.3 is 59.1 Å². The summed E-state index contributed by atoms with van der Waals surface area (Å²) in [7, 11) is -6.07. The predicted molar refractivity (Wildman–Crippen MR) is 104 cm³/mol. The van der Waals surface area contributed by atoms with E-state index in [1.807, 2.05) is 12.1 Å². The van der Waals surface area contributed by atoms with Crippen LogP contribution in [0.4, 0.5) is 8.78 Å². The van der Waals surface area contributed by atoms with Gasteiger partial charge in [0.1, 0.15) is 0 Å². The first kappa shape index (κ1) is 29.8. The smallest absolute Gasteiger partial charge is 0.806 e. The summed E-state index contributed by atoms with van der Waals surface area (Å²) in [5.41, 5.74) is -3.23. The number of hydrogen-bond acceptors (Lipinski definition) is 4. The molecule has 3 nitrogen and oxygen atoms in total. The van der Waals surface area contributed by atoms with Gasteiger partial charge in [0.05, 0.1) is 0 Å². The van der Waals surface area contributed by atoms with Crippen molar-refractivity contribution in [2.75, 3.05) is 5.75 Å². The first-order chi connectivity index (χ1) is 12.1. The van der Waals surface area contributed by atoms with E-state index in [-0.39, 0.29) is 63.6 Å². The number of hydrogen-bond donors (Lipinski definition) is 0. The van der Waals surface area contributed by atoms with E-state index in [1.54, 1.807) is 11.8 Å². The van der Waals surface area contributed by atoms with E-state index >= 15 is 0 Å².